The van der Waals surface area contributed by atoms with Crippen molar-refractivity contribution in [2.75, 3.05) is 6.54 Å². The molecule has 146 valence electrons. The first-order valence-corrected chi connectivity index (χ1v) is 8.55. The number of carboxylic acids is 1. The molecule has 0 aliphatic rings. The van der Waals surface area contributed by atoms with Crippen LogP contribution in [0, 0.1) is 0 Å². The number of phenols is 1. The van der Waals surface area contributed by atoms with Crippen LogP contribution in [-0.4, -0.2) is 51.7 Å². The fourth-order valence-electron chi connectivity index (χ4n) is 2.46. The second-order valence-corrected chi connectivity index (χ2v) is 5.91. The second-order valence-electron chi connectivity index (χ2n) is 5.91. The molecule has 1 aromatic carbocycles. The van der Waals surface area contributed by atoms with Crippen molar-refractivity contribution in [3.05, 3.63) is 53.1 Å². The molecule has 0 fully saturated rings. The quantitative estimate of drug-likeness (QED) is 0.255. The summed E-state index contributed by atoms with van der Waals surface area (Å²) < 4.78 is 0. The van der Waals surface area contributed by atoms with Gasteiger partial charge in [-0.15, -0.1) is 0 Å². The van der Waals surface area contributed by atoms with Crippen LogP contribution in [0.1, 0.15) is 35.7 Å². The maximum Gasteiger partial charge on any atom is 0.475 e. The molecule has 9 heteroatoms. The number of hydrogen-bond acceptors (Lipinski definition) is 6. The van der Waals surface area contributed by atoms with Gasteiger partial charge in [-0.2, -0.15) is 0 Å². The van der Waals surface area contributed by atoms with Crippen LogP contribution in [0.2, 0.25) is 0 Å². The maximum absolute atomic E-state index is 12.0. The van der Waals surface area contributed by atoms with E-state index < -0.39 is 30.7 Å². The Morgan fingerprint density at radius 2 is 2.04 bits per heavy atom. The Kier molecular flexibility index (Phi) is 9.28. The first kappa shape index (κ1) is 22.4. The van der Waals surface area contributed by atoms with Crippen molar-refractivity contribution >= 4 is 19.0 Å². The molecule has 0 spiro atoms. The lowest BCUT2D eigenvalue weighted by atomic mass is 9.75. The van der Waals surface area contributed by atoms with E-state index in [4.69, 9.17) is 10.8 Å². The zero-order chi connectivity index (χ0) is 20.4. The van der Waals surface area contributed by atoms with Gasteiger partial charge in [-0.1, -0.05) is 37.3 Å². The molecule has 1 unspecified atom stereocenters. The Bertz CT molecular complexity index is 718. The van der Waals surface area contributed by atoms with Crippen LogP contribution < -0.4 is 11.1 Å². The number of nitrogens with one attached hydrogen (secondary N) is 1. The Hall–Kier alpha value is -2.62. The van der Waals surface area contributed by atoms with E-state index in [1.165, 1.54) is 18.2 Å². The number of carbonyl (C=O) groups is 2. The van der Waals surface area contributed by atoms with Crippen molar-refractivity contribution in [3.63, 3.8) is 0 Å². The normalized spacial score (nSPS) is 12.8. The van der Waals surface area contributed by atoms with E-state index in [1.807, 2.05) is 13.0 Å². The van der Waals surface area contributed by atoms with E-state index in [0.29, 0.717) is 6.54 Å². The third-order valence-corrected chi connectivity index (χ3v) is 3.83. The van der Waals surface area contributed by atoms with Crippen molar-refractivity contribution < 1.29 is 29.9 Å². The molecule has 27 heavy (non-hydrogen) atoms. The monoisotopic (exact) mass is 376 g/mol. The number of aromatic carboxylic acids is 1. The zero-order valence-corrected chi connectivity index (χ0v) is 15.1. The van der Waals surface area contributed by atoms with Crippen molar-refractivity contribution in [2.24, 2.45) is 5.73 Å². The summed E-state index contributed by atoms with van der Waals surface area (Å²) in [6.45, 7) is 2.32. The lowest BCUT2D eigenvalue weighted by molar-refractivity contribution is -0.120. The second kappa shape index (κ2) is 11.2. The molecule has 0 aromatic heterocycles. The molecule has 8 nitrogen and oxygen atoms in total. The van der Waals surface area contributed by atoms with Crippen LogP contribution in [0.15, 0.2) is 42.0 Å². The zero-order valence-electron chi connectivity index (χ0n) is 15.1. The fourth-order valence-corrected chi connectivity index (χ4v) is 2.46. The van der Waals surface area contributed by atoms with Gasteiger partial charge in [0, 0.05) is 13.0 Å². The average Bonchev–Trinajstić information content (AvgIpc) is 2.61. The third-order valence-electron chi connectivity index (χ3n) is 3.83. The Morgan fingerprint density at radius 3 is 2.59 bits per heavy atom. The standard InChI is InChI=1S/C18H25BN2O6/c1-2-5-12(11-20)6-3-9-16(22)21-15(19(26)27)10-13-7-4-8-14(17(13)23)18(24)25/h3-8,15,23,26-27H,2,9-11,20H2,1H3,(H,21,22)(H,24,25). The molecule has 0 saturated heterocycles. The molecule has 1 rings (SSSR count). The fraction of sp³-hybridized carbons (Fsp3) is 0.333. The number of allylic oxidation sites excluding steroid dienone is 1. The van der Waals surface area contributed by atoms with Gasteiger partial charge in [0.1, 0.15) is 11.3 Å². The van der Waals surface area contributed by atoms with E-state index in [9.17, 15) is 24.7 Å². The van der Waals surface area contributed by atoms with Crippen molar-refractivity contribution in [2.45, 2.75) is 32.1 Å². The topological polar surface area (TPSA) is 153 Å². The van der Waals surface area contributed by atoms with Gasteiger partial charge in [0.15, 0.2) is 0 Å². The lowest BCUT2D eigenvalue weighted by Crippen LogP contribution is -2.47. The summed E-state index contributed by atoms with van der Waals surface area (Å²) in [6, 6.07) is 4.11. The van der Waals surface area contributed by atoms with Crippen molar-refractivity contribution in [1.82, 2.24) is 5.32 Å². The molecular formula is C18H25BN2O6. The minimum absolute atomic E-state index is 0.00538. The van der Waals surface area contributed by atoms with Crippen molar-refractivity contribution in [3.8, 4) is 5.75 Å². The number of carboxylic acid groups (broad SMARTS) is 1. The molecular weight excluding hydrogens is 351 g/mol. The molecule has 0 saturated carbocycles. The smallest absolute Gasteiger partial charge is 0.475 e. The summed E-state index contributed by atoms with van der Waals surface area (Å²) in [6.07, 6.45) is 5.96. The van der Waals surface area contributed by atoms with Gasteiger partial charge >= 0.3 is 13.1 Å². The molecule has 1 atom stereocenters. The largest absolute Gasteiger partial charge is 0.507 e. The minimum Gasteiger partial charge on any atom is -0.507 e. The molecule has 1 aromatic rings. The number of benzene rings is 1. The third kappa shape index (κ3) is 7.26. The number of aromatic hydroxyl groups is 1. The van der Waals surface area contributed by atoms with Crippen LogP contribution in [0.4, 0.5) is 0 Å². The summed E-state index contributed by atoms with van der Waals surface area (Å²) in [5, 5.41) is 40.5. The van der Waals surface area contributed by atoms with Crippen LogP contribution in [-0.2, 0) is 11.2 Å². The summed E-state index contributed by atoms with van der Waals surface area (Å²) >= 11 is 0. The van der Waals surface area contributed by atoms with Crippen molar-refractivity contribution in [1.29, 1.82) is 0 Å². The highest BCUT2D eigenvalue weighted by Crippen LogP contribution is 2.24. The number of amides is 1. The molecule has 0 aliphatic heterocycles. The Balaban J connectivity index is 2.79. The van der Waals surface area contributed by atoms with Gasteiger partial charge in [0.2, 0.25) is 5.91 Å². The van der Waals surface area contributed by atoms with E-state index >= 15 is 0 Å². The predicted octanol–water partition coefficient (Wildman–Crippen LogP) is 0.371. The minimum atomic E-state index is -1.88. The van der Waals surface area contributed by atoms with Gasteiger partial charge in [0.05, 0.1) is 5.94 Å². The number of carbonyl (C=O) groups excluding carboxylic acids is 1. The Labute approximate surface area is 158 Å². The van der Waals surface area contributed by atoms with Gasteiger partial charge < -0.3 is 31.3 Å². The maximum atomic E-state index is 12.0. The van der Waals surface area contributed by atoms with Gasteiger partial charge in [-0.05, 0) is 30.0 Å². The molecule has 0 aliphatic carbocycles. The summed E-state index contributed by atoms with van der Waals surface area (Å²) in [5.41, 5.74) is 6.35. The lowest BCUT2D eigenvalue weighted by Gasteiger charge is -2.18. The van der Waals surface area contributed by atoms with Crippen LogP contribution in [0.3, 0.4) is 0 Å². The molecule has 0 bridgehead atoms. The van der Waals surface area contributed by atoms with E-state index in [2.05, 4.69) is 5.32 Å². The van der Waals surface area contributed by atoms with Crippen LogP contribution >= 0.6 is 0 Å². The number of para-hydroxylation sites is 1. The molecule has 7 N–H and O–H groups in total. The highest BCUT2D eigenvalue weighted by atomic mass is 16.4. The van der Waals surface area contributed by atoms with E-state index in [0.717, 1.165) is 12.0 Å². The molecule has 1 amide bonds. The summed E-state index contributed by atoms with van der Waals surface area (Å²) in [4.78, 5) is 23.1. The van der Waals surface area contributed by atoms with Crippen LogP contribution in [0.5, 0.6) is 5.75 Å². The number of nitrogens with two attached hydrogens (primary N) is 1. The molecule has 0 radical (unpaired) electrons. The SMILES string of the molecule is CCC=C(C=CCC(=O)NC(Cc1cccc(C(=O)O)c1O)B(O)O)CN. The summed E-state index contributed by atoms with van der Waals surface area (Å²) in [5.74, 6) is -3.34. The highest BCUT2D eigenvalue weighted by Gasteiger charge is 2.27. The Morgan fingerprint density at radius 1 is 1.33 bits per heavy atom. The van der Waals surface area contributed by atoms with Gasteiger partial charge in [-0.25, -0.2) is 4.79 Å². The van der Waals surface area contributed by atoms with Crippen LogP contribution in [0.25, 0.3) is 0 Å². The average molecular weight is 376 g/mol. The van der Waals surface area contributed by atoms with E-state index in [-0.39, 0.29) is 24.0 Å². The van der Waals surface area contributed by atoms with Gasteiger partial charge in [-0.3, -0.25) is 4.79 Å². The van der Waals surface area contributed by atoms with Gasteiger partial charge in [0.25, 0.3) is 0 Å². The predicted molar refractivity (Wildman–Crippen MR) is 102 cm³/mol. The number of hydrogen-bond donors (Lipinski definition) is 6. The summed E-state index contributed by atoms with van der Waals surface area (Å²) in [7, 11) is -1.88. The first-order valence-electron chi connectivity index (χ1n) is 8.55. The number of rotatable bonds is 10. The first-order chi connectivity index (χ1) is 12.8. The highest BCUT2D eigenvalue weighted by molar-refractivity contribution is 6.43. The van der Waals surface area contributed by atoms with E-state index in [1.54, 1.807) is 12.2 Å². The molecule has 0 heterocycles.